The van der Waals surface area contributed by atoms with Gasteiger partial charge in [-0.2, -0.15) is 4.31 Å². The van der Waals surface area contributed by atoms with Gasteiger partial charge in [-0.25, -0.2) is 8.42 Å². The van der Waals surface area contributed by atoms with E-state index in [4.69, 9.17) is 4.74 Å². The van der Waals surface area contributed by atoms with Crippen LogP contribution in [0.15, 0.2) is 21.7 Å². The van der Waals surface area contributed by atoms with Crippen LogP contribution in [0.25, 0.3) is 0 Å². The van der Waals surface area contributed by atoms with E-state index in [0.717, 1.165) is 12.8 Å². The molecule has 0 spiro atoms. The largest absolute Gasteiger partial charge is 0.378 e. The molecule has 2 aliphatic heterocycles. The maximum Gasteiger partial charge on any atom is 0.253 e. The van der Waals surface area contributed by atoms with Crippen molar-refractivity contribution in [3.05, 3.63) is 17.5 Å². The molecule has 1 aromatic heterocycles. The molecule has 2 aliphatic rings. The van der Waals surface area contributed by atoms with Crippen molar-refractivity contribution in [2.75, 3.05) is 13.2 Å². The second-order valence-electron chi connectivity index (χ2n) is 7.09. The van der Waals surface area contributed by atoms with Crippen LogP contribution >= 0.6 is 11.3 Å². The molecule has 140 valence electrons. The Kier molecular flexibility index (Phi) is 5.82. The Balaban J connectivity index is 1.67. The number of hydrogen-bond donors (Lipinski definition) is 1. The standard InChI is InChI=1S/C17H26N2O4S2/c1-12(2)15-11-13(7-9-23-15)18-17(20)14-5-3-8-19(14)25(21,22)16-6-4-10-24-16/h4,6,10,12-15H,3,5,7-9,11H2,1-2H3,(H,18,20). The van der Waals surface area contributed by atoms with E-state index in [2.05, 4.69) is 19.2 Å². The summed E-state index contributed by atoms with van der Waals surface area (Å²) in [5, 5.41) is 4.81. The molecular weight excluding hydrogens is 360 g/mol. The van der Waals surface area contributed by atoms with Crippen molar-refractivity contribution in [2.45, 2.75) is 61.9 Å². The Morgan fingerprint density at radius 1 is 1.40 bits per heavy atom. The Hall–Kier alpha value is -0.960. The third kappa shape index (κ3) is 4.07. The van der Waals surface area contributed by atoms with Gasteiger partial charge in [0.2, 0.25) is 5.91 Å². The number of nitrogens with one attached hydrogen (secondary N) is 1. The highest BCUT2D eigenvalue weighted by Crippen LogP contribution is 2.29. The van der Waals surface area contributed by atoms with E-state index in [1.807, 2.05) is 0 Å². The van der Waals surface area contributed by atoms with Gasteiger partial charge in [0.05, 0.1) is 6.10 Å². The van der Waals surface area contributed by atoms with Crippen LogP contribution in [0.2, 0.25) is 0 Å². The number of hydrogen-bond acceptors (Lipinski definition) is 5. The van der Waals surface area contributed by atoms with Gasteiger partial charge in [0.25, 0.3) is 10.0 Å². The number of sulfonamides is 1. The number of amides is 1. The quantitative estimate of drug-likeness (QED) is 0.842. The summed E-state index contributed by atoms with van der Waals surface area (Å²) in [4.78, 5) is 12.8. The summed E-state index contributed by atoms with van der Waals surface area (Å²) in [7, 11) is -3.59. The van der Waals surface area contributed by atoms with Crippen molar-refractivity contribution < 1.29 is 17.9 Å². The van der Waals surface area contributed by atoms with Gasteiger partial charge in [-0.15, -0.1) is 11.3 Å². The summed E-state index contributed by atoms with van der Waals surface area (Å²) in [6, 6.07) is 2.77. The smallest absolute Gasteiger partial charge is 0.253 e. The van der Waals surface area contributed by atoms with Crippen LogP contribution in [0.5, 0.6) is 0 Å². The molecule has 0 aromatic carbocycles. The predicted octanol–water partition coefficient (Wildman–Crippen LogP) is 2.22. The molecule has 0 radical (unpaired) electrons. The summed E-state index contributed by atoms with van der Waals surface area (Å²) < 4.78 is 33.0. The zero-order chi connectivity index (χ0) is 18.0. The summed E-state index contributed by atoms with van der Waals surface area (Å²) in [6.45, 7) is 5.26. The number of ether oxygens (including phenoxy) is 1. The Morgan fingerprint density at radius 3 is 2.88 bits per heavy atom. The lowest BCUT2D eigenvalue weighted by molar-refractivity contribution is -0.126. The minimum atomic E-state index is -3.59. The van der Waals surface area contributed by atoms with E-state index < -0.39 is 16.1 Å². The van der Waals surface area contributed by atoms with Crippen LogP contribution in [0.4, 0.5) is 0 Å². The molecule has 3 rings (SSSR count). The zero-order valence-corrected chi connectivity index (χ0v) is 16.3. The molecule has 1 amide bonds. The van der Waals surface area contributed by atoms with E-state index in [0.29, 0.717) is 36.1 Å². The fourth-order valence-corrected chi connectivity index (χ4v) is 6.31. The third-order valence-corrected chi connectivity index (χ3v) is 8.25. The van der Waals surface area contributed by atoms with Crippen molar-refractivity contribution >= 4 is 27.3 Å². The minimum Gasteiger partial charge on any atom is -0.378 e. The highest BCUT2D eigenvalue weighted by Gasteiger charge is 2.40. The van der Waals surface area contributed by atoms with E-state index in [1.165, 1.54) is 15.6 Å². The van der Waals surface area contributed by atoms with Gasteiger partial charge >= 0.3 is 0 Å². The average Bonchev–Trinajstić information content (AvgIpc) is 3.27. The zero-order valence-electron chi connectivity index (χ0n) is 14.7. The Labute approximate surface area is 153 Å². The average molecular weight is 387 g/mol. The first-order valence-corrected chi connectivity index (χ1v) is 11.2. The number of carbonyl (C=O) groups excluding carboxylic acids is 1. The third-order valence-electron chi connectivity index (χ3n) is 4.97. The molecule has 0 aliphatic carbocycles. The molecule has 6 nitrogen and oxygen atoms in total. The van der Waals surface area contributed by atoms with Crippen LogP contribution in [0, 0.1) is 5.92 Å². The van der Waals surface area contributed by atoms with E-state index >= 15 is 0 Å². The topological polar surface area (TPSA) is 75.7 Å². The molecule has 3 atom stereocenters. The highest BCUT2D eigenvalue weighted by atomic mass is 32.2. The van der Waals surface area contributed by atoms with E-state index in [9.17, 15) is 13.2 Å². The number of rotatable bonds is 5. The molecule has 1 N–H and O–H groups in total. The molecule has 0 saturated carbocycles. The van der Waals surface area contributed by atoms with Crippen molar-refractivity contribution in [3.8, 4) is 0 Å². The van der Waals surface area contributed by atoms with Crippen LogP contribution in [0.3, 0.4) is 0 Å². The van der Waals surface area contributed by atoms with Gasteiger partial charge in [-0.1, -0.05) is 19.9 Å². The van der Waals surface area contributed by atoms with Crippen molar-refractivity contribution in [1.82, 2.24) is 9.62 Å². The second kappa shape index (κ2) is 7.73. The predicted molar refractivity (Wildman–Crippen MR) is 97.0 cm³/mol. The summed E-state index contributed by atoms with van der Waals surface area (Å²) in [6.07, 6.45) is 3.00. The summed E-state index contributed by atoms with van der Waals surface area (Å²) >= 11 is 1.19. The highest BCUT2D eigenvalue weighted by molar-refractivity contribution is 7.91. The minimum absolute atomic E-state index is 0.0561. The molecule has 2 saturated heterocycles. The molecule has 3 heterocycles. The molecule has 2 fully saturated rings. The fourth-order valence-electron chi connectivity index (χ4n) is 3.54. The molecule has 3 unspecified atom stereocenters. The molecule has 25 heavy (non-hydrogen) atoms. The Bertz CT molecular complexity index is 688. The van der Waals surface area contributed by atoms with E-state index in [1.54, 1.807) is 17.5 Å². The van der Waals surface area contributed by atoms with Gasteiger partial charge in [0.15, 0.2) is 0 Å². The monoisotopic (exact) mass is 386 g/mol. The number of thiophene rings is 1. The number of nitrogens with zero attached hydrogens (tertiary/aromatic N) is 1. The SMILES string of the molecule is CC(C)C1CC(NC(=O)C2CCCN2S(=O)(=O)c2cccs2)CCO1. The van der Waals surface area contributed by atoms with Crippen molar-refractivity contribution in [3.63, 3.8) is 0 Å². The first-order valence-electron chi connectivity index (χ1n) is 8.87. The van der Waals surface area contributed by atoms with E-state index in [-0.39, 0.29) is 18.1 Å². The normalized spacial score (nSPS) is 28.4. The molecule has 1 aromatic rings. The maximum atomic E-state index is 12.8. The number of carbonyl (C=O) groups is 1. The fraction of sp³-hybridized carbons (Fsp3) is 0.706. The first-order chi connectivity index (χ1) is 11.9. The molecule has 0 bridgehead atoms. The first kappa shape index (κ1) is 18.8. The van der Waals surface area contributed by atoms with Crippen LogP contribution in [-0.2, 0) is 19.6 Å². The van der Waals surface area contributed by atoms with Gasteiger partial charge in [0, 0.05) is 19.2 Å². The Morgan fingerprint density at radius 2 is 2.20 bits per heavy atom. The lowest BCUT2D eigenvalue weighted by Crippen LogP contribution is -2.51. The van der Waals surface area contributed by atoms with Crippen LogP contribution < -0.4 is 5.32 Å². The summed E-state index contributed by atoms with van der Waals surface area (Å²) in [5.74, 6) is 0.230. The van der Waals surface area contributed by atoms with Crippen molar-refractivity contribution in [2.24, 2.45) is 5.92 Å². The molecular formula is C17H26N2O4S2. The van der Waals surface area contributed by atoms with Gasteiger partial charge in [-0.3, -0.25) is 4.79 Å². The van der Waals surface area contributed by atoms with Crippen molar-refractivity contribution in [1.29, 1.82) is 0 Å². The van der Waals surface area contributed by atoms with Gasteiger partial charge in [-0.05, 0) is 43.0 Å². The maximum absolute atomic E-state index is 12.8. The second-order valence-corrected chi connectivity index (χ2v) is 10.2. The van der Waals surface area contributed by atoms with Gasteiger partial charge in [0.1, 0.15) is 10.3 Å². The van der Waals surface area contributed by atoms with Crippen LogP contribution in [0.1, 0.15) is 39.5 Å². The lowest BCUT2D eigenvalue weighted by Gasteiger charge is -2.33. The summed E-state index contributed by atoms with van der Waals surface area (Å²) in [5.41, 5.74) is 0. The lowest BCUT2D eigenvalue weighted by atomic mass is 9.95. The molecule has 8 heteroatoms. The van der Waals surface area contributed by atoms with Gasteiger partial charge < -0.3 is 10.1 Å². The van der Waals surface area contributed by atoms with Crippen LogP contribution in [-0.4, -0.2) is 50.0 Å².